The van der Waals surface area contributed by atoms with Crippen molar-refractivity contribution in [1.29, 1.82) is 0 Å². The van der Waals surface area contributed by atoms with Gasteiger partial charge < -0.3 is 10.1 Å². The molecule has 26 heavy (non-hydrogen) atoms. The third kappa shape index (κ3) is 4.05. The zero-order chi connectivity index (χ0) is 19.1. The number of benzene rings is 2. The van der Waals surface area contributed by atoms with Gasteiger partial charge in [0.15, 0.2) is 0 Å². The number of hydrogen-bond donors (Lipinski definition) is 1. The average molecular weight is 463 g/mol. The molecule has 138 valence electrons. The predicted octanol–water partition coefficient (Wildman–Crippen LogP) is 5.20. The summed E-state index contributed by atoms with van der Waals surface area (Å²) in [4.78, 5) is 13.2. The number of fused-ring (bicyclic) bond motifs is 1. The smallest absolute Gasteiger partial charge is 0.332 e. The van der Waals surface area contributed by atoms with E-state index in [1.165, 1.54) is 25.8 Å². The number of nitrogens with one attached hydrogen (secondary N) is 1. The Bertz CT molecular complexity index is 854. The molecule has 4 heteroatoms. The van der Waals surface area contributed by atoms with Crippen LogP contribution in [0, 0.1) is 17.4 Å². The Morgan fingerprint density at radius 3 is 2.50 bits per heavy atom. The van der Waals surface area contributed by atoms with Crippen LogP contribution in [0.1, 0.15) is 43.0 Å². The fourth-order valence-electron chi connectivity index (χ4n) is 3.46. The van der Waals surface area contributed by atoms with Crippen molar-refractivity contribution >= 4 is 34.2 Å². The van der Waals surface area contributed by atoms with Crippen molar-refractivity contribution in [3.63, 3.8) is 0 Å². The van der Waals surface area contributed by atoms with E-state index < -0.39 is 11.1 Å². The molecule has 0 aliphatic carbocycles. The number of aryl methyl sites for hydroxylation is 2. The van der Waals surface area contributed by atoms with E-state index >= 15 is 0 Å². The number of ether oxygens (including phenoxy) is 1. The van der Waals surface area contributed by atoms with E-state index in [4.69, 9.17) is 4.74 Å². The standard InChI is InChI=1S/C22H26INO2/c1-14-6-8-18(23)16(10-14)12-22(20(25)26-21(3,4)5)13-17-11-15(2)7-9-19(17)24-22/h6-11,24H,12-13H2,1-5H3. The maximum atomic E-state index is 13.2. The van der Waals surface area contributed by atoms with Gasteiger partial charge >= 0.3 is 5.97 Å². The van der Waals surface area contributed by atoms with Gasteiger partial charge in [-0.2, -0.15) is 0 Å². The molecule has 1 aliphatic heterocycles. The Morgan fingerprint density at radius 1 is 1.15 bits per heavy atom. The number of carbonyl (C=O) groups excluding carboxylic acids is 1. The Hall–Kier alpha value is -1.56. The second-order valence-corrected chi connectivity index (χ2v) is 9.48. The van der Waals surface area contributed by atoms with E-state index in [1.54, 1.807) is 0 Å². The van der Waals surface area contributed by atoms with Gasteiger partial charge in [0.2, 0.25) is 0 Å². The fraction of sp³-hybridized carbons (Fsp3) is 0.409. The minimum atomic E-state index is -0.767. The van der Waals surface area contributed by atoms with Crippen LogP contribution in [0.3, 0.4) is 0 Å². The van der Waals surface area contributed by atoms with E-state index in [0.29, 0.717) is 12.8 Å². The van der Waals surface area contributed by atoms with E-state index in [0.717, 1.165) is 5.69 Å². The second-order valence-electron chi connectivity index (χ2n) is 8.32. The number of halogens is 1. The van der Waals surface area contributed by atoms with E-state index in [9.17, 15) is 4.79 Å². The highest BCUT2D eigenvalue weighted by atomic mass is 127. The summed E-state index contributed by atoms with van der Waals surface area (Å²) in [5.41, 5.74) is 4.51. The number of carbonyl (C=O) groups is 1. The zero-order valence-corrected chi connectivity index (χ0v) is 18.2. The van der Waals surface area contributed by atoms with Crippen LogP contribution < -0.4 is 5.32 Å². The number of hydrogen-bond acceptors (Lipinski definition) is 3. The second kappa shape index (κ2) is 6.87. The van der Waals surface area contributed by atoms with Crippen molar-refractivity contribution in [3.8, 4) is 0 Å². The summed E-state index contributed by atoms with van der Waals surface area (Å²) >= 11 is 2.35. The molecule has 1 N–H and O–H groups in total. The SMILES string of the molecule is Cc1ccc(I)c(CC2(C(=O)OC(C)(C)C)Cc3cc(C)ccc3N2)c1. The van der Waals surface area contributed by atoms with Crippen LogP contribution >= 0.6 is 22.6 Å². The lowest BCUT2D eigenvalue weighted by Gasteiger charge is -2.32. The fourth-order valence-corrected chi connectivity index (χ4v) is 3.99. The molecule has 1 heterocycles. The van der Waals surface area contributed by atoms with Crippen LogP contribution in [0.2, 0.25) is 0 Å². The molecule has 0 amide bonds. The Labute approximate surface area is 169 Å². The molecule has 0 bridgehead atoms. The van der Waals surface area contributed by atoms with Gasteiger partial charge in [0.25, 0.3) is 0 Å². The Kier molecular flexibility index (Phi) is 5.08. The van der Waals surface area contributed by atoms with Gasteiger partial charge in [0.05, 0.1) is 0 Å². The van der Waals surface area contributed by atoms with Gasteiger partial charge in [-0.15, -0.1) is 0 Å². The molecule has 0 fully saturated rings. The first-order valence-electron chi connectivity index (χ1n) is 8.94. The average Bonchev–Trinajstić information content (AvgIpc) is 2.88. The van der Waals surface area contributed by atoms with Gasteiger partial charge in [-0.25, -0.2) is 4.79 Å². The number of rotatable bonds is 3. The lowest BCUT2D eigenvalue weighted by molar-refractivity contribution is -0.160. The molecule has 1 aliphatic rings. The van der Waals surface area contributed by atoms with Gasteiger partial charge in [-0.3, -0.25) is 0 Å². The van der Waals surface area contributed by atoms with Crippen molar-refractivity contribution in [2.24, 2.45) is 0 Å². The van der Waals surface area contributed by atoms with Crippen molar-refractivity contribution in [2.45, 2.75) is 58.6 Å². The summed E-state index contributed by atoms with van der Waals surface area (Å²) < 4.78 is 7.00. The highest BCUT2D eigenvalue weighted by Gasteiger charge is 2.46. The Morgan fingerprint density at radius 2 is 1.81 bits per heavy atom. The number of anilines is 1. The van der Waals surface area contributed by atoms with Crippen LogP contribution in [0.25, 0.3) is 0 Å². The molecule has 3 nitrogen and oxygen atoms in total. The summed E-state index contributed by atoms with van der Waals surface area (Å²) in [5.74, 6) is -0.184. The molecule has 1 atom stereocenters. The molecule has 3 rings (SSSR count). The van der Waals surface area contributed by atoms with E-state index in [-0.39, 0.29) is 5.97 Å². The van der Waals surface area contributed by atoms with Crippen LogP contribution in [-0.2, 0) is 22.4 Å². The first kappa shape index (κ1) is 19.2. The van der Waals surface area contributed by atoms with Crippen LogP contribution in [0.15, 0.2) is 36.4 Å². The maximum Gasteiger partial charge on any atom is 0.332 e. The third-order valence-corrected chi connectivity index (χ3v) is 5.66. The highest BCUT2D eigenvalue weighted by molar-refractivity contribution is 14.1. The molecular weight excluding hydrogens is 437 g/mol. The minimum Gasteiger partial charge on any atom is -0.458 e. The largest absolute Gasteiger partial charge is 0.458 e. The summed E-state index contributed by atoms with van der Waals surface area (Å²) in [6.45, 7) is 9.92. The molecule has 1 unspecified atom stereocenters. The molecule has 0 saturated carbocycles. The van der Waals surface area contributed by atoms with Crippen molar-refractivity contribution in [1.82, 2.24) is 0 Å². The third-order valence-electron chi connectivity index (χ3n) is 4.61. The van der Waals surface area contributed by atoms with Crippen molar-refractivity contribution in [2.75, 3.05) is 5.32 Å². The van der Waals surface area contributed by atoms with Crippen LogP contribution in [0.5, 0.6) is 0 Å². The molecule has 2 aromatic rings. The minimum absolute atomic E-state index is 0.184. The Balaban J connectivity index is 2.01. The summed E-state index contributed by atoms with van der Waals surface area (Å²) in [5, 5.41) is 3.51. The molecule has 0 radical (unpaired) electrons. The number of esters is 1. The highest BCUT2D eigenvalue weighted by Crippen LogP contribution is 2.37. The lowest BCUT2D eigenvalue weighted by Crippen LogP contribution is -2.50. The van der Waals surface area contributed by atoms with Gasteiger partial charge in [-0.05, 0) is 80.5 Å². The summed E-state index contributed by atoms with van der Waals surface area (Å²) in [6, 6.07) is 12.7. The quantitative estimate of drug-likeness (QED) is 0.503. The van der Waals surface area contributed by atoms with Crippen LogP contribution in [-0.4, -0.2) is 17.1 Å². The normalized spacial score (nSPS) is 19.0. The molecule has 0 saturated heterocycles. The first-order valence-corrected chi connectivity index (χ1v) is 10.0. The van der Waals surface area contributed by atoms with Crippen molar-refractivity contribution in [3.05, 3.63) is 62.2 Å². The summed E-state index contributed by atoms with van der Waals surface area (Å²) in [6.07, 6.45) is 1.25. The topological polar surface area (TPSA) is 38.3 Å². The lowest BCUT2D eigenvalue weighted by atomic mass is 9.87. The summed E-state index contributed by atoms with van der Waals surface area (Å²) in [7, 11) is 0. The van der Waals surface area contributed by atoms with Gasteiger partial charge in [0, 0.05) is 22.1 Å². The molecular formula is C22H26INO2. The van der Waals surface area contributed by atoms with Gasteiger partial charge in [-0.1, -0.05) is 35.4 Å². The molecule has 0 aromatic heterocycles. The maximum absolute atomic E-state index is 13.2. The van der Waals surface area contributed by atoms with Crippen molar-refractivity contribution < 1.29 is 9.53 Å². The molecule has 0 spiro atoms. The molecule has 2 aromatic carbocycles. The van der Waals surface area contributed by atoms with E-state index in [2.05, 4.69) is 78.2 Å². The predicted molar refractivity (Wildman–Crippen MR) is 115 cm³/mol. The zero-order valence-electron chi connectivity index (χ0n) is 16.1. The van der Waals surface area contributed by atoms with E-state index in [1.807, 2.05) is 20.8 Å². The van der Waals surface area contributed by atoms with Crippen LogP contribution in [0.4, 0.5) is 5.69 Å². The monoisotopic (exact) mass is 463 g/mol. The van der Waals surface area contributed by atoms with Gasteiger partial charge in [0.1, 0.15) is 11.1 Å². The first-order chi connectivity index (χ1) is 12.1.